The topological polar surface area (TPSA) is 175 Å². The molecule has 3 fully saturated rings. The van der Waals surface area contributed by atoms with Gasteiger partial charge < -0.3 is 39.3 Å². The van der Waals surface area contributed by atoms with Crippen LogP contribution in [0.3, 0.4) is 0 Å². The number of fused-ring (bicyclic) bond motifs is 3. The molecule has 4 aliphatic rings. The van der Waals surface area contributed by atoms with Gasteiger partial charge in [0.25, 0.3) is 18.7 Å². The third-order valence-corrected chi connectivity index (χ3v) is 12.6. The van der Waals surface area contributed by atoms with Crippen molar-refractivity contribution in [2.75, 3.05) is 47.3 Å². The van der Waals surface area contributed by atoms with Gasteiger partial charge in [0, 0.05) is 71.4 Å². The highest BCUT2D eigenvalue weighted by Crippen LogP contribution is 2.38. The van der Waals surface area contributed by atoms with E-state index in [9.17, 15) is 19.3 Å². The molecule has 320 valence electrons. The number of aromatic nitrogens is 4. The van der Waals surface area contributed by atoms with Crippen LogP contribution in [0, 0.1) is 28.6 Å². The molecule has 0 radical (unpaired) electrons. The quantitative estimate of drug-likeness (QED) is 0.0952. The van der Waals surface area contributed by atoms with Crippen molar-refractivity contribution in [3.63, 3.8) is 0 Å². The van der Waals surface area contributed by atoms with E-state index in [1.54, 1.807) is 6.20 Å². The maximum atomic E-state index is 14.0. The Morgan fingerprint density at radius 3 is 2.30 bits per heavy atom. The molecule has 8 rings (SSSR count). The molecule has 15 nitrogen and oxygen atoms in total. The number of carbonyl (C=O) groups is 3. The molecule has 3 aliphatic heterocycles. The molecule has 2 aromatic heterocycles. The Labute approximate surface area is 355 Å². The molecular weight excluding hydrogens is 777 g/mol. The van der Waals surface area contributed by atoms with Crippen molar-refractivity contribution < 1.29 is 33.4 Å². The Morgan fingerprint density at radius 1 is 0.902 bits per heavy atom. The molecule has 61 heavy (non-hydrogen) atoms. The second-order valence-corrected chi connectivity index (χ2v) is 16.8. The first-order chi connectivity index (χ1) is 29.6. The molecule has 15 heteroatoms. The molecule has 4 atom stereocenters. The zero-order valence-corrected chi connectivity index (χ0v) is 35.4. The summed E-state index contributed by atoms with van der Waals surface area (Å²) >= 11 is 0. The molecule has 1 aliphatic carbocycles. The van der Waals surface area contributed by atoms with Crippen LogP contribution in [0.2, 0.25) is 0 Å². The normalized spacial score (nSPS) is 19.8. The van der Waals surface area contributed by atoms with Crippen molar-refractivity contribution in [2.45, 2.75) is 89.4 Å². The van der Waals surface area contributed by atoms with E-state index in [4.69, 9.17) is 24.2 Å². The minimum Gasteiger partial charge on any atom is -0.453 e. The molecule has 3 saturated heterocycles. The molecule has 4 aromatic rings. The number of hydrogen-bond donors (Lipinski definition) is 3. The number of aromatic amines is 2. The Morgan fingerprint density at radius 2 is 1.59 bits per heavy atom. The molecule has 2 aromatic carbocycles. The summed E-state index contributed by atoms with van der Waals surface area (Å²) in [4.78, 5) is 73.2. The molecular formula is C46H55N8O7+. The van der Waals surface area contributed by atoms with E-state index < -0.39 is 18.2 Å². The van der Waals surface area contributed by atoms with E-state index in [0.29, 0.717) is 39.1 Å². The number of likely N-dealkylation sites (tertiary alicyclic amines) is 2. The third kappa shape index (κ3) is 8.83. The highest BCUT2D eigenvalue weighted by molar-refractivity contribution is 5.86. The Hall–Kier alpha value is -5.85. The summed E-state index contributed by atoms with van der Waals surface area (Å²) in [5.41, 5.74) is 7.84. The zero-order valence-electron chi connectivity index (χ0n) is 35.4. The van der Waals surface area contributed by atoms with Gasteiger partial charge in [-0.15, -0.1) is 0 Å². The van der Waals surface area contributed by atoms with Gasteiger partial charge in [-0.1, -0.05) is 43.9 Å². The minimum atomic E-state index is -0.817. The lowest BCUT2D eigenvalue weighted by Gasteiger charge is -2.34. The molecule has 4 unspecified atom stereocenters. The van der Waals surface area contributed by atoms with Gasteiger partial charge in [-0.2, -0.15) is 0 Å². The number of rotatable bonds is 11. The summed E-state index contributed by atoms with van der Waals surface area (Å²) in [5.74, 6) is 7.67. The first-order valence-corrected chi connectivity index (χ1v) is 21.5. The van der Waals surface area contributed by atoms with Crippen LogP contribution in [-0.2, 0) is 36.6 Å². The minimum absolute atomic E-state index is 0.0276. The Bertz CT molecular complexity index is 2320. The first kappa shape index (κ1) is 41.9. The van der Waals surface area contributed by atoms with Crippen molar-refractivity contribution in [1.82, 2.24) is 35.1 Å². The summed E-state index contributed by atoms with van der Waals surface area (Å²) < 4.78 is 16.2. The second kappa shape index (κ2) is 18.4. The van der Waals surface area contributed by atoms with Crippen LogP contribution in [0.15, 0.2) is 48.7 Å². The summed E-state index contributed by atoms with van der Waals surface area (Å²) in [6, 6.07) is 12.4. The lowest BCUT2D eigenvalue weighted by molar-refractivity contribution is -0.613. The predicted octanol–water partition coefficient (Wildman–Crippen LogP) is 5.85. The molecule has 3 N–H and O–H groups in total. The maximum absolute atomic E-state index is 14.0. The van der Waals surface area contributed by atoms with Crippen LogP contribution in [0.1, 0.15) is 98.5 Å². The fourth-order valence-corrected chi connectivity index (χ4v) is 9.43. The summed E-state index contributed by atoms with van der Waals surface area (Å²) in [7, 11) is 2.77. The fourth-order valence-electron chi connectivity index (χ4n) is 9.43. The first-order valence-electron chi connectivity index (χ1n) is 21.5. The zero-order chi connectivity index (χ0) is 42.6. The molecule has 0 spiro atoms. The van der Waals surface area contributed by atoms with Crippen LogP contribution >= 0.6 is 0 Å². The third-order valence-electron chi connectivity index (χ3n) is 12.6. The van der Waals surface area contributed by atoms with Gasteiger partial charge in [-0.25, -0.2) is 14.8 Å². The van der Waals surface area contributed by atoms with E-state index in [1.165, 1.54) is 19.8 Å². The van der Waals surface area contributed by atoms with Crippen molar-refractivity contribution in [2.24, 2.45) is 11.8 Å². The number of methoxy groups -OCH3 is 2. The van der Waals surface area contributed by atoms with Crippen LogP contribution in [0.25, 0.3) is 22.5 Å². The second-order valence-electron chi connectivity index (χ2n) is 16.8. The number of amides is 3. The maximum Gasteiger partial charge on any atom is 0.407 e. The van der Waals surface area contributed by atoms with Crippen molar-refractivity contribution in [3.8, 4) is 34.4 Å². The van der Waals surface area contributed by atoms with Crippen LogP contribution in [0.5, 0.6) is 0 Å². The van der Waals surface area contributed by atoms with Gasteiger partial charge in [0.05, 0.1) is 36.8 Å². The van der Waals surface area contributed by atoms with E-state index in [-0.39, 0.29) is 42.5 Å². The number of imidazole rings is 2. The van der Waals surface area contributed by atoms with Gasteiger partial charge in [-0.3, -0.25) is 9.59 Å². The molecule has 0 saturated carbocycles. The van der Waals surface area contributed by atoms with E-state index in [0.717, 1.165) is 94.3 Å². The van der Waals surface area contributed by atoms with Crippen molar-refractivity contribution in [3.05, 3.63) is 87.6 Å². The fraction of sp³-hybridized carbons (Fsp3) is 0.500. The summed E-state index contributed by atoms with van der Waals surface area (Å²) in [5, 5.41) is 2.81. The number of alkyl carbamates (subject to hydrolysis) is 1. The lowest BCUT2D eigenvalue weighted by Crippen LogP contribution is -2.53. The van der Waals surface area contributed by atoms with Gasteiger partial charge >= 0.3 is 6.09 Å². The van der Waals surface area contributed by atoms with E-state index >= 15 is 0 Å². The summed E-state index contributed by atoms with van der Waals surface area (Å²) in [6.07, 6.45) is 7.48. The number of nitroso groups, excluding NO2 is 1. The van der Waals surface area contributed by atoms with Crippen LogP contribution in [0.4, 0.5) is 4.79 Å². The Kier molecular flexibility index (Phi) is 12.6. The number of carbonyl (C=O) groups excluding carboxylic acids is 3. The standard InChI is InChI=1S/C46H54N8O7/c1-28(2)41(54(58)27-59-3)45(56)53-22-6-8-38(53)43-48-35-18-16-33-25-30(13-17-34(33)40(35)50-43)10-9-29-11-14-31(15-12-29)36-26-47-42(49-36)37-7-5-21-52(37)44(55)39(51-46(57)60-4)32-19-23-61-24-20-32/h11-15,17,25-26,28,32,37-39,41H,5-8,16,18-24,27H2,1-4H3,(H2-,47,48,49,50,51,57)/p+1. The van der Waals surface area contributed by atoms with Crippen LogP contribution < -0.4 is 5.32 Å². The number of hydrogen-bond acceptors (Lipinski definition) is 9. The lowest BCUT2D eigenvalue weighted by atomic mass is 9.90. The summed E-state index contributed by atoms with van der Waals surface area (Å²) in [6.45, 7) is 5.92. The highest BCUT2D eigenvalue weighted by atomic mass is 16.5. The van der Waals surface area contributed by atoms with Crippen molar-refractivity contribution >= 4 is 17.9 Å². The number of H-pyrrole nitrogens is 2. The van der Waals surface area contributed by atoms with E-state index in [2.05, 4.69) is 39.3 Å². The average molecular weight is 832 g/mol. The molecule has 0 bridgehead atoms. The molecule has 3 amide bonds. The Balaban J connectivity index is 0.927. The average Bonchev–Trinajstić information content (AvgIpc) is 4.11. The molecule has 5 heterocycles. The van der Waals surface area contributed by atoms with Gasteiger partial charge in [-0.05, 0) is 92.7 Å². The smallest absolute Gasteiger partial charge is 0.407 e. The van der Waals surface area contributed by atoms with Crippen molar-refractivity contribution in [1.29, 1.82) is 0 Å². The van der Waals surface area contributed by atoms with Gasteiger partial charge in [0.15, 0.2) is 0 Å². The SMILES string of the molecule is COC[N+](=O)C(C(=O)N1CCCC1c1nc2c([nH]1)CCc1cc(C#Cc3ccc(-c4cnc(C5CCCN5C(=O)C(NC(=O)OC)C5CCOCC5)[nH]4)cc3)ccc1-2)C(C)C. The monoisotopic (exact) mass is 831 g/mol. The van der Waals surface area contributed by atoms with E-state index in [1.807, 2.05) is 54.0 Å². The largest absolute Gasteiger partial charge is 0.453 e. The number of aryl methyl sites for hydroxylation is 2. The number of nitrogens with one attached hydrogen (secondary N) is 3. The number of benzene rings is 2. The predicted molar refractivity (Wildman–Crippen MR) is 226 cm³/mol. The van der Waals surface area contributed by atoms with Gasteiger partial charge in [0.1, 0.15) is 17.7 Å². The van der Waals surface area contributed by atoms with Gasteiger partial charge in [0.2, 0.25) is 5.91 Å². The highest BCUT2D eigenvalue weighted by Gasteiger charge is 2.45. The number of ether oxygens (including phenoxy) is 3. The number of nitrogens with zero attached hydrogens (tertiary/aromatic N) is 5. The van der Waals surface area contributed by atoms with Crippen LogP contribution in [-0.4, -0.2) is 112 Å².